The van der Waals surface area contributed by atoms with Gasteiger partial charge in [-0.25, -0.2) is 4.68 Å². The van der Waals surface area contributed by atoms with Crippen LogP contribution in [0.1, 0.15) is 22.2 Å². The second-order valence-electron chi connectivity index (χ2n) is 4.61. The van der Waals surface area contributed by atoms with Gasteiger partial charge in [0.2, 0.25) is 0 Å². The number of carbonyl (C=O) groups excluding carboxylic acids is 1. The number of benzene rings is 1. The fourth-order valence-corrected chi connectivity index (χ4v) is 2.33. The van der Waals surface area contributed by atoms with Gasteiger partial charge in [0.25, 0.3) is 11.5 Å². The van der Waals surface area contributed by atoms with Gasteiger partial charge in [-0.3, -0.25) is 9.59 Å². The van der Waals surface area contributed by atoms with E-state index in [9.17, 15) is 14.7 Å². The summed E-state index contributed by atoms with van der Waals surface area (Å²) in [5.74, 6) is -0.497. The second-order valence-corrected chi connectivity index (χ2v) is 5.48. The summed E-state index contributed by atoms with van der Waals surface area (Å²) in [5.41, 5.74) is 0.259. The molecule has 0 aliphatic carbocycles. The highest BCUT2D eigenvalue weighted by molar-refractivity contribution is 6.34. The molecular formula is C14H13Cl2N3O3. The lowest BCUT2D eigenvalue weighted by Crippen LogP contribution is -2.31. The smallest absolute Gasteiger partial charge is 0.271 e. The van der Waals surface area contributed by atoms with E-state index in [2.05, 4.69) is 10.4 Å². The summed E-state index contributed by atoms with van der Waals surface area (Å²) in [6, 6.07) is 7.24. The number of aryl methyl sites for hydroxylation is 1. The molecule has 0 spiro atoms. The standard InChI is InChI=1S/C14H13Cl2N3O3/c1-19-13(21)3-2-11(18-19)14(22)17-7-12(20)8-4-9(15)6-10(16)5-8/h2-6,12,20H,7H2,1H3,(H,17,22). The van der Waals surface area contributed by atoms with Crippen molar-refractivity contribution in [2.45, 2.75) is 6.10 Å². The van der Waals surface area contributed by atoms with Gasteiger partial charge in [-0.2, -0.15) is 5.10 Å². The van der Waals surface area contributed by atoms with Crippen LogP contribution in [0.25, 0.3) is 0 Å². The monoisotopic (exact) mass is 341 g/mol. The number of nitrogens with zero attached hydrogens (tertiary/aromatic N) is 2. The average molecular weight is 342 g/mol. The van der Waals surface area contributed by atoms with Crippen molar-refractivity contribution in [3.63, 3.8) is 0 Å². The third-order valence-corrected chi connectivity index (χ3v) is 3.36. The first-order valence-electron chi connectivity index (χ1n) is 6.33. The topological polar surface area (TPSA) is 84.2 Å². The van der Waals surface area contributed by atoms with Crippen LogP contribution >= 0.6 is 23.2 Å². The Hall–Kier alpha value is -1.89. The van der Waals surface area contributed by atoms with E-state index in [1.807, 2.05) is 0 Å². The van der Waals surface area contributed by atoms with Gasteiger partial charge in [0.05, 0.1) is 6.10 Å². The van der Waals surface area contributed by atoms with Gasteiger partial charge in [0.1, 0.15) is 5.69 Å². The molecular weight excluding hydrogens is 329 g/mol. The first kappa shape index (κ1) is 16.5. The van der Waals surface area contributed by atoms with Crippen molar-refractivity contribution in [2.75, 3.05) is 6.54 Å². The lowest BCUT2D eigenvalue weighted by molar-refractivity contribution is 0.0909. The maximum absolute atomic E-state index is 11.9. The minimum Gasteiger partial charge on any atom is -0.387 e. The second kappa shape index (κ2) is 6.91. The summed E-state index contributed by atoms with van der Waals surface area (Å²) >= 11 is 11.7. The predicted molar refractivity (Wildman–Crippen MR) is 83.2 cm³/mol. The number of nitrogens with one attached hydrogen (secondary N) is 1. The van der Waals surface area contributed by atoms with Gasteiger partial charge in [-0.05, 0) is 29.8 Å². The Bertz CT molecular complexity index is 741. The normalized spacial score (nSPS) is 12.0. The number of rotatable bonds is 4. The largest absolute Gasteiger partial charge is 0.387 e. The van der Waals surface area contributed by atoms with Crippen LogP contribution in [0.5, 0.6) is 0 Å². The van der Waals surface area contributed by atoms with E-state index in [1.165, 1.54) is 19.2 Å². The molecule has 0 fully saturated rings. The van der Waals surface area contributed by atoms with Crippen molar-refractivity contribution in [2.24, 2.45) is 7.05 Å². The molecule has 22 heavy (non-hydrogen) atoms. The van der Waals surface area contributed by atoms with Crippen LogP contribution < -0.4 is 10.9 Å². The van der Waals surface area contributed by atoms with Crippen molar-refractivity contribution in [3.8, 4) is 0 Å². The zero-order valence-electron chi connectivity index (χ0n) is 11.6. The van der Waals surface area contributed by atoms with E-state index in [0.29, 0.717) is 15.6 Å². The van der Waals surface area contributed by atoms with Crippen molar-refractivity contribution in [1.29, 1.82) is 0 Å². The number of halogens is 2. The lowest BCUT2D eigenvalue weighted by Gasteiger charge is -2.13. The number of aromatic nitrogens is 2. The highest BCUT2D eigenvalue weighted by Gasteiger charge is 2.13. The van der Waals surface area contributed by atoms with Crippen molar-refractivity contribution < 1.29 is 9.90 Å². The Morgan fingerprint density at radius 2 is 1.95 bits per heavy atom. The predicted octanol–water partition coefficient (Wildman–Crippen LogP) is 1.55. The minimum atomic E-state index is -0.965. The van der Waals surface area contributed by atoms with E-state index in [1.54, 1.807) is 18.2 Å². The quantitative estimate of drug-likeness (QED) is 0.883. The van der Waals surface area contributed by atoms with Gasteiger partial charge >= 0.3 is 0 Å². The Kier molecular flexibility index (Phi) is 5.18. The summed E-state index contributed by atoms with van der Waals surface area (Å²) in [5, 5.41) is 17.2. The van der Waals surface area contributed by atoms with Crippen molar-refractivity contribution >= 4 is 29.1 Å². The van der Waals surface area contributed by atoms with E-state index in [-0.39, 0.29) is 17.8 Å². The van der Waals surface area contributed by atoms with Gasteiger partial charge in [-0.15, -0.1) is 0 Å². The molecule has 2 N–H and O–H groups in total. The number of hydrogen-bond donors (Lipinski definition) is 2. The summed E-state index contributed by atoms with van der Waals surface area (Å²) in [6.07, 6.45) is -0.965. The first-order valence-corrected chi connectivity index (χ1v) is 7.09. The Morgan fingerprint density at radius 3 is 2.55 bits per heavy atom. The van der Waals surface area contributed by atoms with Crippen LogP contribution in [0, 0.1) is 0 Å². The van der Waals surface area contributed by atoms with Gasteiger partial charge in [0.15, 0.2) is 0 Å². The molecule has 1 unspecified atom stereocenters. The number of amides is 1. The lowest BCUT2D eigenvalue weighted by atomic mass is 10.1. The number of hydrogen-bond acceptors (Lipinski definition) is 4. The molecule has 0 aliphatic rings. The zero-order chi connectivity index (χ0) is 16.3. The van der Waals surface area contributed by atoms with Gasteiger partial charge in [-0.1, -0.05) is 23.2 Å². The molecule has 1 amide bonds. The van der Waals surface area contributed by atoms with Crippen LogP contribution in [-0.2, 0) is 7.05 Å². The van der Waals surface area contributed by atoms with Crippen LogP contribution in [0.3, 0.4) is 0 Å². The molecule has 1 atom stereocenters. The molecule has 1 heterocycles. The van der Waals surface area contributed by atoms with Crippen LogP contribution in [0.15, 0.2) is 35.1 Å². The summed E-state index contributed by atoms with van der Waals surface area (Å²) in [7, 11) is 1.45. The van der Waals surface area contributed by atoms with Crippen molar-refractivity contribution in [3.05, 3.63) is 62.0 Å². The Balaban J connectivity index is 2.03. The van der Waals surface area contributed by atoms with Crippen molar-refractivity contribution in [1.82, 2.24) is 15.1 Å². The first-order chi connectivity index (χ1) is 10.4. The molecule has 2 rings (SSSR count). The summed E-state index contributed by atoms with van der Waals surface area (Å²) in [6.45, 7) is -0.0416. The molecule has 0 bridgehead atoms. The molecule has 6 nitrogen and oxygen atoms in total. The van der Waals surface area contributed by atoms with E-state index in [4.69, 9.17) is 23.2 Å². The van der Waals surface area contributed by atoms with Gasteiger partial charge in [0, 0.05) is 29.7 Å². The third kappa shape index (κ3) is 4.07. The SMILES string of the molecule is Cn1nc(C(=O)NCC(O)c2cc(Cl)cc(Cl)c2)ccc1=O. The maximum atomic E-state index is 11.9. The Labute approximate surface area is 136 Å². The van der Waals surface area contributed by atoms with Gasteiger partial charge < -0.3 is 10.4 Å². The molecule has 1 aromatic carbocycles. The zero-order valence-corrected chi connectivity index (χ0v) is 13.1. The molecule has 0 radical (unpaired) electrons. The van der Waals surface area contributed by atoms with Crippen LogP contribution in [-0.4, -0.2) is 27.3 Å². The maximum Gasteiger partial charge on any atom is 0.271 e. The fraction of sp³-hybridized carbons (Fsp3) is 0.214. The molecule has 0 saturated heterocycles. The van der Waals surface area contributed by atoms with Crippen LogP contribution in [0.4, 0.5) is 0 Å². The highest BCUT2D eigenvalue weighted by Crippen LogP contribution is 2.23. The number of carbonyl (C=O) groups is 1. The molecule has 0 aliphatic heterocycles. The van der Waals surface area contributed by atoms with E-state index >= 15 is 0 Å². The average Bonchev–Trinajstić information content (AvgIpc) is 2.46. The molecule has 8 heteroatoms. The summed E-state index contributed by atoms with van der Waals surface area (Å²) in [4.78, 5) is 23.1. The molecule has 0 saturated carbocycles. The third-order valence-electron chi connectivity index (χ3n) is 2.92. The van der Waals surface area contributed by atoms with Crippen LogP contribution in [0.2, 0.25) is 10.0 Å². The molecule has 1 aromatic heterocycles. The Morgan fingerprint density at radius 1 is 1.32 bits per heavy atom. The fourth-order valence-electron chi connectivity index (χ4n) is 1.79. The minimum absolute atomic E-state index is 0.0416. The van der Waals surface area contributed by atoms with E-state index < -0.39 is 12.0 Å². The summed E-state index contributed by atoms with van der Waals surface area (Å²) < 4.78 is 1.06. The number of aliphatic hydroxyl groups is 1. The molecule has 116 valence electrons. The number of aliphatic hydroxyl groups excluding tert-OH is 1. The van der Waals surface area contributed by atoms with E-state index in [0.717, 1.165) is 4.68 Å². The highest BCUT2D eigenvalue weighted by atomic mass is 35.5. The molecule has 2 aromatic rings.